The van der Waals surface area contributed by atoms with Gasteiger partial charge in [0.25, 0.3) is 0 Å². The molecule has 0 amide bonds. The molecule has 1 aliphatic carbocycles. The van der Waals surface area contributed by atoms with Crippen molar-refractivity contribution < 1.29 is 9.53 Å². The fraction of sp³-hybridized carbons (Fsp3) is 0.875. The summed E-state index contributed by atoms with van der Waals surface area (Å²) in [6.45, 7) is 3.66. The van der Waals surface area contributed by atoms with Crippen molar-refractivity contribution in [3.63, 3.8) is 0 Å². The Morgan fingerprint density at radius 3 is 2.80 bits per heavy atom. The summed E-state index contributed by atoms with van der Waals surface area (Å²) in [5.74, 6) is 0.631. The number of carbonyl (C=O) groups excluding carboxylic acids is 1. The number of hydrogen-bond acceptors (Lipinski definition) is 2. The summed E-state index contributed by atoms with van der Waals surface area (Å²) < 4.78 is 4.74. The zero-order chi connectivity index (χ0) is 7.40. The first-order valence-electron chi connectivity index (χ1n) is 3.91. The van der Waals surface area contributed by atoms with Gasteiger partial charge in [-0.05, 0) is 25.2 Å². The van der Waals surface area contributed by atoms with Crippen LogP contribution in [0, 0.1) is 5.92 Å². The molecule has 0 saturated heterocycles. The van der Waals surface area contributed by atoms with E-state index in [0.717, 1.165) is 6.42 Å². The number of ether oxygens (including phenoxy) is 1. The molecule has 0 bridgehead atoms. The molecule has 1 aliphatic rings. The van der Waals surface area contributed by atoms with Crippen LogP contribution in [0.25, 0.3) is 0 Å². The molecule has 1 rings (SSSR count). The van der Waals surface area contributed by atoms with E-state index in [1.807, 2.05) is 0 Å². The van der Waals surface area contributed by atoms with Crippen LogP contribution >= 0.6 is 0 Å². The van der Waals surface area contributed by atoms with Gasteiger partial charge in [0.2, 0.25) is 0 Å². The lowest BCUT2D eigenvalue weighted by Gasteiger charge is -2.34. The van der Waals surface area contributed by atoms with E-state index in [2.05, 4.69) is 6.92 Å². The first-order valence-corrected chi connectivity index (χ1v) is 3.91. The van der Waals surface area contributed by atoms with E-state index in [9.17, 15) is 4.79 Å². The molecule has 2 unspecified atom stereocenters. The molecule has 1 fully saturated rings. The van der Waals surface area contributed by atoms with Crippen molar-refractivity contribution in [2.75, 3.05) is 0 Å². The average molecular weight is 141 g/mol. The van der Waals surface area contributed by atoms with Crippen LogP contribution in [-0.4, -0.2) is 12.6 Å². The third-order valence-electron chi connectivity index (χ3n) is 2.21. The maximum atomic E-state index is 9.81. The minimum atomic E-state index is 0.192. The lowest BCUT2D eigenvalue weighted by Crippen LogP contribution is -2.33. The highest BCUT2D eigenvalue weighted by Crippen LogP contribution is 2.33. The molecule has 0 aliphatic heterocycles. The Bertz CT molecular complexity index is 112. The van der Waals surface area contributed by atoms with Crippen molar-refractivity contribution in [1.29, 1.82) is 0 Å². The molecule has 1 saturated carbocycles. The van der Waals surface area contributed by atoms with Gasteiger partial charge in [-0.2, -0.15) is 0 Å². The Labute approximate surface area is 61.6 Å². The first-order chi connectivity index (χ1) is 4.88. The summed E-state index contributed by atoms with van der Waals surface area (Å²) in [4.78, 5) is 9.81. The predicted molar refractivity (Wildman–Crippen MR) is 38.2 cm³/mol. The summed E-state index contributed by atoms with van der Waals surface area (Å²) in [6.07, 6.45) is 4.83. The smallest absolute Gasteiger partial charge is 0.417 e. The fourth-order valence-electron chi connectivity index (χ4n) is 1.46. The highest BCUT2D eigenvalue weighted by molar-refractivity contribution is 5.39. The second-order valence-electron chi connectivity index (χ2n) is 2.87. The van der Waals surface area contributed by atoms with Crippen molar-refractivity contribution >= 4 is 6.47 Å². The van der Waals surface area contributed by atoms with Crippen LogP contribution in [0.2, 0.25) is 0 Å². The number of hydrogen-bond donors (Lipinski definition) is 0. The SMILES string of the molecule is CCCC1CCC1O[C]=O. The van der Waals surface area contributed by atoms with Crippen molar-refractivity contribution in [2.24, 2.45) is 5.92 Å². The number of rotatable bonds is 4. The molecule has 2 heteroatoms. The molecule has 0 aromatic rings. The first kappa shape index (κ1) is 7.58. The molecule has 1 radical (unpaired) electrons. The van der Waals surface area contributed by atoms with Crippen LogP contribution in [0.4, 0.5) is 0 Å². The van der Waals surface area contributed by atoms with Gasteiger partial charge >= 0.3 is 6.47 Å². The molecular formula is C8H13O2. The molecule has 2 nitrogen and oxygen atoms in total. The summed E-state index contributed by atoms with van der Waals surface area (Å²) >= 11 is 0. The summed E-state index contributed by atoms with van der Waals surface area (Å²) in [7, 11) is 0. The zero-order valence-electron chi connectivity index (χ0n) is 6.30. The van der Waals surface area contributed by atoms with E-state index < -0.39 is 0 Å². The van der Waals surface area contributed by atoms with Gasteiger partial charge in [-0.1, -0.05) is 13.3 Å². The second-order valence-corrected chi connectivity index (χ2v) is 2.87. The van der Waals surface area contributed by atoms with E-state index in [1.165, 1.54) is 25.7 Å². The molecule has 0 N–H and O–H groups in total. The predicted octanol–water partition coefficient (Wildman–Crippen LogP) is 1.65. The Hall–Kier alpha value is -0.530. The topological polar surface area (TPSA) is 26.3 Å². The molecule has 10 heavy (non-hydrogen) atoms. The largest absolute Gasteiger partial charge is 0.454 e. The fourth-order valence-corrected chi connectivity index (χ4v) is 1.46. The molecule has 0 spiro atoms. The van der Waals surface area contributed by atoms with Crippen LogP contribution in [0.3, 0.4) is 0 Å². The third kappa shape index (κ3) is 1.49. The van der Waals surface area contributed by atoms with Gasteiger partial charge in [0, 0.05) is 0 Å². The maximum Gasteiger partial charge on any atom is 0.417 e. The van der Waals surface area contributed by atoms with E-state index in [0.29, 0.717) is 5.92 Å². The monoisotopic (exact) mass is 141 g/mol. The molecule has 0 heterocycles. The van der Waals surface area contributed by atoms with Gasteiger partial charge < -0.3 is 4.74 Å². The van der Waals surface area contributed by atoms with E-state index >= 15 is 0 Å². The van der Waals surface area contributed by atoms with Crippen molar-refractivity contribution in [2.45, 2.75) is 38.7 Å². The minimum absolute atomic E-state index is 0.192. The van der Waals surface area contributed by atoms with Gasteiger partial charge in [-0.25, -0.2) is 4.79 Å². The summed E-state index contributed by atoms with van der Waals surface area (Å²) in [5, 5.41) is 0. The zero-order valence-corrected chi connectivity index (χ0v) is 6.30. The van der Waals surface area contributed by atoms with E-state index in [4.69, 9.17) is 4.74 Å². The van der Waals surface area contributed by atoms with E-state index in [-0.39, 0.29) is 6.10 Å². The maximum absolute atomic E-state index is 9.81. The van der Waals surface area contributed by atoms with Gasteiger partial charge in [-0.15, -0.1) is 0 Å². The molecule has 57 valence electrons. The van der Waals surface area contributed by atoms with Gasteiger partial charge in [-0.3, -0.25) is 0 Å². The van der Waals surface area contributed by atoms with Gasteiger partial charge in [0.15, 0.2) is 0 Å². The Balaban J connectivity index is 2.15. The van der Waals surface area contributed by atoms with E-state index in [1.54, 1.807) is 0 Å². The minimum Gasteiger partial charge on any atom is -0.454 e. The Kier molecular flexibility index (Phi) is 2.72. The van der Waals surface area contributed by atoms with Gasteiger partial charge in [0.1, 0.15) is 6.10 Å². The second kappa shape index (κ2) is 3.59. The lowest BCUT2D eigenvalue weighted by molar-refractivity contribution is 0.0281. The summed E-state index contributed by atoms with van der Waals surface area (Å²) in [6, 6.07) is 0. The highest BCUT2D eigenvalue weighted by atomic mass is 16.5. The molecular weight excluding hydrogens is 128 g/mol. The Morgan fingerprint density at radius 1 is 1.60 bits per heavy atom. The standard InChI is InChI=1S/C8H13O2/c1-2-3-7-4-5-8(7)10-6-9/h7-8H,2-5H2,1H3. The Morgan fingerprint density at radius 2 is 2.40 bits per heavy atom. The third-order valence-corrected chi connectivity index (χ3v) is 2.21. The van der Waals surface area contributed by atoms with Crippen LogP contribution < -0.4 is 0 Å². The highest BCUT2D eigenvalue weighted by Gasteiger charge is 2.31. The molecule has 0 aromatic carbocycles. The normalized spacial score (nSPS) is 30.9. The van der Waals surface area contributed by atoms with Crippen molar-refractivity contribution in [3.05, 3.63) is 0 Å². The summed E-state index contributed by atoms with van der Waals surface area (Å²) in [5.41, 5.74) is 0. The van der Waals surface area contributed by atoms with Crippen molar-refractivity contribution in [3.8, 4) is 0 Å². The lowest BCUT2D eigenvalue weighted by atomic mass is 9.79. The van der Waals surface area contributed by atoms with Gasteiger partial charge in [0.05, 0.1) is 0 Å². The van der Waals surface area contributed by atoms with Crippen LogP contribution in [0.1, 0.15) is 32.6 Å². The quantitative estimate of drug-likeness (QED) is 0.595. The average Bonchev–Trinajstić information content (AvgIpc) is 1.93. The van der Waals surface area contributed by atoms with Crippen LogP contribution in [0.5, 0.6) is 0 Å². The van der Waals surface area contributed by atoms with Crippen molar-refractivity contribution in [1.82, 2.24) is 0 Å². The van der Waals surface area contributed by atoms with Crippen LogP contribution in [0.15, 0.2) is 0 Å². The molecule has 0 aromatic heterocycles. The molecule has 2 atom stereocenters. The van der Waals surface area contributed by atoms with Crippen LogP contribution in [-0.2, 0) is 9.53 Å².